The SMILES string of the molecule is CN1C2=C1CC2. The Morgan fingerprint density at radius 3 is 1.83 bits per heavy atom. The Hall–Kier alpha value is -0.460. The Bertz CT molecular complexity index is 110. The van der Waals surface area contributed by atoms with Crippen LogP contribution in [0.2, 0.25) is 0 Å². The molecule has 0 radical (unpaired) electrons. The quantitative estimate of drug-likeness (QED) is 0.419. The predicted molar refractivity (Wildman–Crippen MR) is 24.0 cm³/mol. The molecule has 0 aromatic carbocycles. The van der Waals surface area contributed by atoms with Crippen LogP contribution in [0.15, 0.2) is 11.4 Å². The lowest BCUT2D eigenvalue weighted by Crippen LogP contribution is -1.80. The highest BCUT2D eigenvalue weighted by molar-refractivity contribution is 5.39. The minimum Gasteiger partial charge on any atom is -0.348 e. The summed E-state index contributed by atoms with van der Waals surface area (Å²) in [6.07, 6.45) is 2.71. The van der Waals surface area contributed by atoms with Crippen molar-refractivity contribution in [1.82, 2.24) is 4.90 Å². The fourth-order valence-electron chi connectivity index (χ4n) is 1.03. The molecule has 0 atom stereocenters. The van der Waals surface area contributed by atoms with Gasteiger partial charge in [0.2, 0.25) is 0 Å². The minimum atomic E-state index is 1.35. The van der Waals surface area contributed by atoms with Crippen molar-refractivity contribution in [2.24, 2.45) is 0 Å². The lowest BCUT2D eigenvalue weighted by molar-refractivity contribution is 0.714. The topological polar surface area (TPSA) is 3.01 Å². The summed E-state index contributed by atoms with van der Waals surface area (Å²) in [5.41, 5.74) is 3.21. The van der Waals surface area contributed by atoms with Gasteiger partial charge in [-0.05, 0) is 12.8 Å². The number of rotatable bonds is 0. The summed E-state index contributed by atoms with van der Waals surface area (Å²) in [7, 11) is 2.14. The fourth-order valence-corrected chi connectivity index (χ4v) is 1.03. The molecule has 1 heteroatoms. The van der Waals surface area contributed by atoms with E-state index >= 15 is 0 Å². The zero-order valence-corrected chi connectivity index (χ0v) is 3.86. The molecule has 1 aliphatic carbocycles. The van der Waals surface area contributed by atoms with Crippen molar-refractivity contribution in [3.05, 3.63) is 11.4 Å². The van der Waals surface area contributed by atoms with Gasteiger partial charge in [-0.25, -0.2) is 0 Å². The van der Waals surface area contributed by atoms with Gasteiger partial charge in [0.15, 0.2) is 0 Å². The highest BCUT2D eigenvalue weighted by Crippen LogP contribution is 2.46. The van der Waals surface area contributed by atoms with Gasteiger partial charge in [-0.3, -0.25) is 0 Å². The van der Waals surface area contributed by atoms with E-state index in [1.807, 2.05) is 0 Å². The third-order valence-electron chi connectivity index (χ3n) is 1.69. The van der Waals surface area contributed by atoms with E-state index in [2.05, 4.69) is 11.9 Å². The Kier molecular flexibility index (Phi) is 0.228. The van der Waals surface area contributed by atoms with E-state index in [1.54, 1.807) is 11.4 Å². The first kappa shape index (κ1) is 2.67. The van der Waals surface area contributed by atoms with E-state index in [9.17, 15) is 0 Å². The zero-order valence-electron chi connectivity index (χ0n) is 3.86. The average molecular weight is 81.1 g/mol. The number of nitrogens with zero attached hydrogens (tertiary/aromatic N) is 1. The molecule has 0 aromatic heterocycles. The first-order valence-corrected chi connectivity index (χ1v) is 2.35. The van der Waals surface area contributed by atoms with Crippen molar-refractivity contribution < 1.29 is 0 Å². The van der Waals surface area contributed by atoms with Crippen LogP contribution in [-0.2, 0) is 0 Å². The van der Waals surface area contributed by atoms with Crippen molar-refractivity contribution in [1.29, 1.82) is 0 Å². The maximum atomic E-state index is 2.28. The molecule has 0 fully saturated rings. The standard InChI is InChI=1S/C5H7N/c1-6-4-2-3-5(4)6/h2-3H2,1H3. The van der Waals surface area contributed by atoms with Crippen LogP contribution in [0.25, 0.3) is 0 Å². The van der Waals surface area contributed by atoms with Crippen LogP contribution < -0.4 is 0 Å². The molecule has 0 spiro atoms. The molecule has 32 valence electrons. The molecule has 2 aliphatic rings. The van der Waals surface area contributed by atoms with Crippen molar-refractivity contribution in [3.8, 4) is 0 Å². The van der Waals surface area contributed by atoms with Crippen molar-refractivity contribution in [2.45, 2.75) is 12.8 Å². The molecule has 0 saturated heterocycles. The van der Waals surface area contributed by atoms with Gasteiger partial charge in [-0.15, -0.1) is 0 Å². The summed E-state index contributed by atoms with van der Waals surface area (Å²) in [5, 5.41) is 0. The lowest BCUT2D eigenvalue weighted by Gasteiger charge is -1.85. The van der Waals surface area contributed by atoms with E-state index < -0.39 is 0 Å². The molecule has 0 amide bonds. The molecule has 0 bridgehead atoms. The summed E-state index contributed by atoms with van der Waals surface area (Å²) in [6, 6.07) is 0. The first-order chi connectivity index (χ1) is 2.89. The molecule has 6 heavy (non-hydrogen) atoms. The zero-order chi connectivity index (χ0) is 4.15. The van der Waals surface area contributed by atoms with Gasteiger partial charge >= 0.3 is 0 Å². The van der Waals surface area contributed by atoms with E-state index in [-0.39, 0.29) is 0 Å². The summed E-state index contributed by atoms with van der Waals surface area (Å²) in [6.45, 7) is 0. The Labute approximate surface area is 37.3 Å². The molecule has 0 saturated carbocycles. The third-order valence-corrected chi connectivity index (χ3v) is 1.69. The van der Waals surface area contributed by atoms with Crippen molar-refractivity contribution in [2.75, 3.05) is 7.05 Å². The Balaban J connectivity index is 2.30. The largest absolute Gasteiger partial charge is 0.348 e. The van der Waals surface area contributed by atoms with Gasteiger partial charge in [0, 0.05) is 18.4 Å². The van der Waals surface area contributed by atoms with Crippen molar-refractivity contribution in [3.63, 3.8) is 0 Å². The van der Waals surface area contributed by atoms with Crippen LogP contribution in [0.1, 0.15) is 12.8 Å². The smallest absolute Gasteiger partial charge is 0.0374 e. The van der Waals surface area contributed by atoms with E-state index in [0.29, 0.717) is 0 Å². The molecule has 0 unspecified atom stereocenters. The predicted octanol–water partition coefficient (Wildman–Crippen LogP) is 0.937. The van der Waals surface area contributed by atoms with Crippen molar-refractivity contribution >= 4 is 0 Å². The molecular formula is C5H7N. The average Bonchev–Trinajstić information content (AvgIpc) is 1.63. The second-order valence-corrected chi connectivity index (χ2v) is 1.95. The van der Waals surface area contributed by atoms with Gasteiger partial charge in [0.25, 0.3) is 0 Å². The summed E-state index contributed by atoms with van der Waals surface area (Å²) in [5.74, 6) is 0. The van der Waals surface area contributed by atoms with Gasteiger partial charge in [-0.1, -0.05) is 0 Å². The molecule has 1 nitrogen and oxygen atoms in total. The summed E-state index contributed by atoms with van der Waals surface area (Å²) >= 11 is 0. The second kappa shape index (κ2) is 0.512. The highest BCUT2D eigenvalue weighted by Gasteiger charge is 2.36. The number of hydrogen-bond donors (Lipinski definition) is 0. The summed E-state index contributed by atoms with van der Waals surface area (Å²) < 4.78 is 0. The van der Waals surface area contributed by atoms with Crippen LogP contribution in [-0.4, -0.2) is 11.9 Å². The molecule has 0 aromatic rings. The van der Waals surface area contributed by atoms with Gasteiger partial charge in [0.05, 0.1) is 0 Å². The minimum absolute atomic E-state index is 1.35. The maximum Gasteiger partial charge on any atom is 0.0374 e. The maximum absolute atomic E-state index is 2.28. The van der Waals surface area contributed by atoms with Crippen LogP contribution >= 0.6 is 0 Å². The van der Waals surface area contributed by atoms with E-state index in [4.69, 9.17) is 0 Å². The normalized spacial score (nSPS) is 26.5. The second-order valence-electron chi connectivity index (χ2n) is 1.95. The molecule has 2 rings (SSSR count). The van der Waals surface area contributed by atoms with E-state index in [1.165, 1.54) is 12.8 Å². The Morgan fingerprint density at radius 1 is 1.33 bits per heavy atom. The van der Waals surface area contributed by atoms with Crippen LogP contribution in [0.4, 0.5) is 0 Å². The highest BCUT2D eigenvalue weighted by atomic mass is 15.3. The van der Waals surface area contributed by atoms with Gasteiger partial charge in [0.1, 0.15) is 0 Å². The number of likely N-dealkylation sites (tertiary alicyclic amines) is 1. The van der Waals surface area contributed by atoms with Crippen LogP contribution in [0.3, 0.4) is 0 Å². The van der Waals surface area contributed by atoms with E-state index in [0.717, 1.165) is 0 Å². The van der Waals surface area contributed by atoms with Gasteiger partial charge < -0.3 is 4.90 Å². The molecule has 1 aliphatic heterocycles. The monoisotopic (exact) mass is 81.1 g/mol. The summed E-state index contributed by atoms with van der Waals surface area (Å²) in [4.78, 5) is 2.28. The Morgan fingerprint density at radius 2 is 1.83 bits per heavy atom. The molecular weight excluding hydrogens is 74.1 g/mol. The fraction of sp³-hybridized carbons (Fsp3) is 0.600. The molecule has 1 heterocycles. The third kappa shape index (κ3) is 0.108. The van der Waals surface area contributed by atoms with Crippen LogP contribution in [0.5, 0.6) is 0 Å². The first-order valence-electron chi connectivity index (χ1n) is 2.35. The number of allylic oxidation sites excluding steroid dienone is 2. The van der Waals surface area contributed by atoms with Gasteiger partial charge in [-0.2, -0.15) is 0 Å². The number of hydrogen-bond acceptors (Lipinski definition) is 1. The molecule has 0 N–H and O–H groups in total. The van der Waals surface area contributed by atoms with Crippen LogP contribution in [0, 0.1) is 0 Å². The lowest BCUT2D eigenvalue weighted by atomic mass is 10.1.